The van der Waals surface area contributed by atoms with Gasteiger partial charge in [0.15, 0.2) is 6.61 Å². The van der Waals surface area contributed by atoms with Crippen molar-refractivity contribution in [2.45, 2.75) is 31.2 Å². The van der Waals surface area contributed by atoms with Crippen LogP contribution in [0, 0.1) is 16.0 Å². The van der Waals surface area contributed by atoms with Gasteiger partial charge in [0.25, 0.3) is 11.6 Å². The molecule has 2 atom stereocenters. The van der Waals surface area contributed by atoms with Gasteiger partial charge in [0.1, 0.15) is 6.04 Å². The van der Waals surface area contributed by atoms with Crippen LogP contribution in [-0.4, -0.2) is 48.3 Å². The molecule has 1 rings (SSSR count). The van der Waals surface area contributed by atoms with Crippen molar-refractivity contribution < 1.29 is 28.8 Å². The summed E-state index contributed by atoms with van der Waals surface area (Å²) >= 11 is 1.13. The number of non-ortho nitro benzene ring substituents is 1. The minimum atomic E-state index is -0.805. The van der Waals surface area contributed by atoms with E-state index in [1.807, 2.05) is 6.92 Å². The quantitative estimate of drug-likeness (QED) is 0.274. The van der Waals surface area contributed by atoms with Gasteiger partial charge < -0.3 is 14.8 Å². The molecule has 27 heavy (non-hydrogen) atoms. The second-order valence-electron chi connectivity index (χ2n) is 5.65. The van der Waals surface area contributed by atoms with Crippen molar-refractivity contribution in [1.82, 2.24) is 5.32 Å². The standard InChI is InChI=1S/C17H22N2O7S/c1-4-11(2)16(17(22)25-3)18-14(20)9-26-15(21)10-27-13-7-5-12(6-8-13)19(23)24/h5-8,11,16H,4,9-10H2,1-3H3,(H,18,20)/t11-,16+/m0/s1. The molecule has 0 aliphatic rings. The van der Waals surface area contributed by atoms with E-state index >= 15 is 0 Å². The van der Waals surface area contributed by atoms with Gasteiger partial charge in [-0.25, -0.2) is 4.79 Å². The third-order valence-electron chi connectivity index (χ3n) is 3.75. The fourth-order valence-corrected chi connectivity index (χ4v) is 2.70. The molecule has 0 aliphatic carbocycles. The van der Waals surface area contributed by atoms with Crippen LogP contribution in [0.25, 0.3) is 0 Å². The maximum absolute atomic E-state index is 11.9. The zero-order valence-corrected chi connectivity index (χ0v) is 16.1. The van der Waals surface area contributed by atoms with Gasteiger partial charge in [-0.2, -0.15) is 0 Å². The highest BCUT2D eigenvalue weighted by Crippen LogP contribution is 2.21. The lowest BCUT2D eigenvalue weighted by molar-refractivity contribution is -0.384. The number of methoxy groups -OCH3 is 1. The molecule has 0 aromatic heterocycles. The Bertz CT molecular complexity index is 678. The smallest absolute Gasteiger partial charge is 0.328 e. The Hall–Kier alpha value is -2.62. The molecule has 0 unspecified atom stereocenters. The topological polar surface area (TPSA) is 125 Å². The first-order valence-corrected chi connectivity index (χ1v) is 9.17. The van der Waals surface area contributed by atoms with E-state index in [2.05, 4.69) is 10.1 Å². The lowest BCUT2D eigenvalue weighted by atomic mass is 9.99. The van der Waals surface area contributed by atoms with Gasteiger partial charge in [0.2, 0.25) is 0 Å². The van der Waals surface area contributed by atoms with E-state index in [4.69, 9.17) is 4.74 Å². The average molecular weight is 398 g/mol. The summed E-state index contributed by atoms with van der Waals surface area (Å²) in [6.45, 7) is 3.17. The zero-order chi connectivity index (χ0) is 20.4. The van der Waals surface area contributed by atoms with Crippen LogP contribution in [0.5, 0.6) is 0 Å². The van der Waals surface area contributed by atoms with Crippen molar-refractivity contribution in [2.75, 3.05) is 19.5 Å². The number of carbonyl (C=O) groups is 3. The fraction of sp³-hybridized carbons (Fsp3) is 0.471. The van der Waals surface area contributed by atoms with E-state index in [1.165, 1.54) is 31.4 Å². The summed E-state index contributed by atoms with van der Waals surface area (Å²) in [7, 11) is 1.24. The molecule has 9 nitrogen and oxygen atoms in total. The summed E-state index contributed by atoms with van der Waals surface area (Å²) in [6, 6.07) is 4.92. The summed E-state index contributed by atoms with van der Waals surface area (Å²) in [5.41, 5.74) is -0.0416. The van der Waals surface area contributed by atoms with Gasteiger partial charge in [0.05, 0.1) is 17.8 Å². The van der Waals surface area contributed by atoms with Gasteiger partial charge in [-0.05, 0) is 18.1 Å². The minimum absolute atomic E-state index is 0.0416. The molecule has 0 spiro atoms. The first-order valence-electron chi connectivity index (χ1n) is 8.18. The predicted molar refractivity (Wildman–Crippen MR) is 98.2 cm³/mol. The van der Waals surface area contributed by atoms with Crippen molar-refractivity contribution in [1.29, 1.82) is 0 Å². The van der Waals surface area contributed by atoms with Crippen LogP contribution in [-0.2, 0) is 23.9 Å². The zero-order valence-electron chi connectivity index (χ0n) is 15.3. The van der Waals surface area contributed by atoms with Gasteiger partial charge in [-0.3, -0.25) is 19.7 Å². The number of esters is 2. The van der Waals surface area contributed by atoms with Crippen molar-refractivity contribution >= 4 is 35.3 Å². The number of nitrogens with one attached hydrogen (secondary N) is 1. The van der Waals surface area contributed by atoms with E-state index in [-0.39, 0.29) is 17.4 Å². The summed E-state index contributed by atoms with van der Waals surface area (Å²) in [4.78, 5) is 46.1. The van der Waals surface area contributed by atoms with Crippen LogP contribution in [0.4, 0.5) is 5.69 Å². The van der Waals surface area contributed by atoms with E-state index in [0.29, 0.717) is 11.3 Å². The van der Waals surface area contributed by atoms with E-state index in [9.17, 15) is 24.5 Å². The first kappa shape index (κ1) is 22.4. The largest absolute Gasteiger partial charge is 0.467 e. The summed E-state index contributed by atoms with van der Waals surface area (Å²) < 4.78 is 9.55. The minimum Gasteiger partial charge on any atom is -0.467 e. The maximum atomic E-state index is 11.9. The molecule has 0 saturated carbocycles. The predicted octanol–water partition coefficient (Wildman–Crippen LogP) is 1.93. The van der Waals surface area contributed by atoms with Crippen LogP contribution < -0.4 is 5.32 Å². The molecule has 0 fully saturated rings. The highest BCUT2D eigenvalue weighted by Gasteiger charge is 2.26. The number of rotatable bonds is 10. The molecule has 1 N–H and O–H groups in total. The van der Waals surface area contributed by atoms with Crippen LogP contribution in [0.2, 0.25) is 0 Å². The fourth-order valence-electron chi connectivity index (χ4n) is 2.01. The molecule has 0 bridgehead atoms. The molecule has 10 heteroatoms. The van der Waals surface area contributed by atoms with Crippen molar-refractivity contribution in [3.05, 3.63) is 34.4 Å². The number of nitrogens with zero attached hydrogens (tertiary/aromatic N) is 1. The molecular formula is C17H22N2O7S. The molecule has 1 aromatic carbocycles. The summed E-state index contributed by atoms with van der Waals surface area (Å²) in [5.74, 6) is -1.96. The average Bonchev–Trinajstić information content (AvgIpc) is 2.67. The van der Waals surface area contributed by atoms with Crippen molar-refractivity contribution in [3.8, 4) is 0 Å². The van der Waals surface area contributed by atoms with Crippen molar-refractivity contribution in [2.24, 2.45) is 5.92 Å². The van der Waals surface area contributed by atoms with Gasteiger partial charge in [-0.15, -0.1) is 11.8 Å². The molecule has 1 amide bonds. The molecule has 1 aromatic rings. The summed E-state index contributed by atoms with van der Waals surface area (Å²) in [5, 5.41) is 13.1. The SMILES string of the molecule is CC[C@H](C)[C@@H](NC(=O)COC(=O)CSc1ccc([N+](=O)[O-])cc1)C(=O)OC. The lowest BCUT2D eigenvalue weighted by Crippen LogP contribution is -2.47. The third kappa shape index (κ3) is 7.65. The number of carbonyl (C=O) groups excluding carboxylic acids is 3. The highest BCUT2D eigenvalue weighted by molar-refractivity contribution is 8.00. The Morgan fingerprint density at radius 2 is 1.89 bits per heavy atom. The maximum Gasteiger partial charge on any atom is 0.328 e. The molecule has 0 aliphatic heterocycles. The monoisotopic (exact) mass is 398 g/mol. The Morgan fingerprint density at radius 1 is 1.26 bits per heavy atom. The van der Waals surface area contributed by atoms with Crippen LogP contribution in [0.15, 0.2) is 29.2 Å². The number of nitro groups is 1. The molecule has 0 radical (unpaired) electrons. The number of hydrogen-bond acceptors (Lipinski definition) is 8. The second kappa shape index (κ2) is 11.2. The van der Waals surface area contributed by atoms with Gasteiger partial charge in [0, 0.05) is 17.0 Å². The normalized spacial score (nSPS) is 12.6. The van der Waals surface area contributed by atoms with E-state index in [0.717, 1.165) is 11.8 Å². The number of hydrogen-bond donors (Lipinski definition) is 1. The Labute approximate surface area is 160 Å². The highest BCUT2D eigenvalue weighted by atomic mass is 32.2. The number of amides is 1. The van der Waals surface area contributed by atoms with E-state index in [1.54, 1.807) is 6.92 Å². The number of thioether (sulfide) groups is 1. The molecule has 0 saturated heterocycles. The Kier molecular flexibility index (Phi) is 9.27. The lowest BCUT2D eigenvalue weighted by Gasteiger charge is -2.21. The van der Waals surface area contributed by atoms with E-state index < -0.39 is 35.4 Å². The molecular weight excluding hydrogens is 376 g/mol. The summed E-state index contributed by atoms with van der Waals surface area (Å²) in [6.07, 6.45) is 0.658. The van der Waals surface area contributed by atoms with Crippen LogP contribution in [0.3, 0.4) is 0 Å². The Balaban J connectivity index is 2.43. The molecule has 0 heterocycles. The number of nitro benzene ring substituents is 1. The molecule has 148 valence electrons. The van der Waals surface area contributed by atoms with Crippen molar-refractivity contribution in [3.63, 3.8) is 0 Å². The number of benzene rings is 1. The third-order valence-corrected chi connectivity index (χ3v) is 4.74. The van der Waals surface area contributed by atoms with Gasteiger partial charge >= 0.3 is 11.9 Å². The van der Waals surface area contributed by atoms with Gasteiger partial charge in [-0.1, -0.05) is 20.3 Å². The number of ether oxygens (including phenoxy) is 2. The second-order valence-corrected chi connectivity index (χ2v) is 6.70. The Morgan fingerprint density at radius 3 is 2.41 bits per heavy atom. The van der Waals surface area contributed by atoms with Crippen LogP contribution >= 0.6 is 11.8 Å². The first-order chi connectivity index (χ1) is 12.8. The van der Waals surface area contributed by atoms with Crippen LogP contribution in [0.1, 0.15) is 20.3 Å².